The van der Waals surface area contributed by atoms with Crippen LogP contribution >= 0.6 is 0 Å². The summed E-state index contributed by atoms with van der Waals surface area (Å²) < 4.78 is 5.70. The van der Waals surface area contributed by atoms with E-state index in [1.54, 1.807) is 0 Å². The van der Waals surface area contributed by atoms with Gasteiger partial charge in [0, 0.05) is 12.8 Å². The number of ether oxygens (including phenoxy) is 1. The summed E-state index contributed by atoms with van der Waals surface area (Å²) in [6, 6.07) is 8.31. The van der Waals surface area contributed by atoms with Crippen LogP contribution in [0.3, 0.4) is 0 Å². The van der Waals surface area contributed by atoms with Crippen molar-refractivity contribution in [1.29, 1.82) is 0 Å². The normalized spacial score (nSPS) is 33.6. The molecule has 1 N–H and O–H groups in total. The highest BCUT2D eigenvalue weighted by Crippen LogP contribution is 2.37. The number of benzene rings is 1. The van der Waals surface area contributed by atoms with Crippen LogP contribution in [0.2, 0.25) is 0 Å². The lowest BCUT2D eigenvalue weighted by Gasteiger charge is -2.39. The number of aliphatic hydroxyl groups is 1. The van der Waals surface area contributed by atoms with Crippen molar-refractivity contribution in [1.82, 2.24) is 0 Å². The second-order valence-corrected chi connectivity index (χ2v) is 5.25. The molecule has 1 fully saturated rings. The van der Waals surface area contributed by atoms with Crippen molar-refractivity contribution in [3.8, 4) is 0 Å². The maximum Gasteiger partial charge on any atom is 0.0945 e. The molecule has 2 unspecified atom stereocenters. The molecule has 2 atom stereocenters. The van der Waals surface area contributed by atoms with Gasteiger partial charge in [0.1, 0.15) is 0 Å². The van der Waals surface area contributed by atoms with E-state index in [2.05, 4.69) is 19.1 Å². The fourth-order valence-corrected chi connectivity index (χ4v) is 2.84. The predicted molar refractivity (Wildman–Crippen MR) is 69.0 cm³/mol. The summed E-state index contributed by atoms with van der Waals surface area (Å²) >= 11 is 0. The van der Waals surface area contributed by atoms with Crippen LogP contribution in [0.15, 0.2) is 24.3 Å². The average Bonchev–Trinajstić information content (AvgIpc) is 2.27. The SMILES string of the molecule is CCc1cccc(C2(O)CC(C)OC(C)C2)c1. The van der Waals surface area contributed by atoms with Crippen LogP contribution in [0, 0.1) is 0 Å². The molecule has 1 saturated heterocycles. The second-order valence-electron chi connectivity index (χ2n) is 5.25. The summed E-state index contributed by atoms with van der Waals surface area (Å²) in [5.74, 6) is 0. The topological polar surface area (TPSA) is 29.5 Å². The highest BCUT2D eigenvalue weighted by molar-refractivity contribution is 5.29. The van der Waals surface area contributed by atoms with E-state index < -0.39 is 5.60 Å². The molecule has 1 aliphatic rings. The summed E-state index contributed by atoms with van der Waals surface area (Å²) in [6.07, 6.45) is 2.61. The van der Waals surface area contributed by atoms with Crippen LogP contribution in [-0.4, -0.2) is 17.3 Å². The van der Waals surface area contributed by atoms with Gasteiger partial charge in [-0.25, -0.2) is 0 Å². The van der Waals surface area contributed by atoms with Crippen molar-refractivity contribution >= 4 is 0 Å². The molecule has 1 aromatic carbocycles. The van der Waals surface area contributed by atoms with Crippen molar-refractivity contribution in [2.24, 2.45) is 0 Å². The standard InChI is InChI=1S/C15H22O2/c1-4-13-6-5-7-14(8-13)15(16)9-11(2)17-12(3)10-15/h5-8,11-12,16H,4,9-10H2,1-3H3. The fraction of sp³-hybridized carbons (Fsp3) is 0.600. The largest absolute Gasteiger partial charge is 0.385 e. The predicted octanol–water partition coefficient (Wildman–Crippen LogP) is 3.02. The molecule has 0 radical (unpaired) electrons. The molecule has 0 aliphatic carbocycles. The van der Waals surface area contributed by atoms with E-state index >= 15 is 0 Å². The molecule has 0 saturated carbocycles. The fourth-order valence-electron chi connectivity index (χ4n) is 2.84. The van der Waals surface area contributed by atoms with Gasteiger partial charge in [-0.1, -0.05) is 31.2 Å². The third kappa shape index (κ3) is 2.70. The minimum absolute atomic E-state index is 0.119. The maximum atomic E-state index is 10.8. The van der Waals surface area contributed by atoms with Crippen molar-refractivity contribution in [3.05, 3.63) is 35.4 Å². The first-order valence-corrected chi connectivity index (χ1v) is 6.51. The van der Waals surface area contributed by atoms with Crippen molar-refractivity contribution in [2.75, 3.05) is 0 Å². The monoisotopic (exact) mass is 234 g/mol. The van der Waals surface area contributed by atoms with Crippen LogP contribution in [0.5, 0.6) is 0 Å². The molecule has 94 valence electrons. The van der Waals surface area contributed by atoms with Crippen LogP contribution < -0.4 is 0 Å². The van der Waals surface area contributed by atoms with E-state index in [4.69, 9.17) is 4.74 Å². The quantitative estimate of drug-likeness (QED) is 0.852. The van der Waals surface area contributed by atoms with Gasteiger partial charge in [-0.3, -0.25) is 0 Å². The van der Waals surface area contributed by atoms with E-state index in [0.29, 0.717) is 12.8 Å². The van der Waals surface area contributed by atoms with E-state index in [1.807, 2.05) is 26.0 Å². The molecular formula is C15H22O2. The Kier molecular flexibility index (Phi) is 3.55. The lowest BCUT2D eigenvalue weighted by atomic mass is 9.81. The van der Waals surface area contributed by atoms with Crippen molar-refractivity contribution in [3.63, 3.8) is 0 Å². The van der Waals surface area contributed by atoms with E-state index in [-0.39, 0.29) is 12.2 Å². The molecule has 0 aromatic heterocycles. The minimum atomic E-state index is -0.720. The Bertz CT molecular complexity index is 376. The molecule has 2 rings (SSSR count). The third-order valence-corrected chi connectivity index (χ3v) is 3.59. The average molecular weight is 234 g/mol. The number of aryl methyl sites for hydroxylation is 1. The van der Waals surface area contributed by atoms with Gasteiger partial charge < -0.3 is 9.84 Å². The number of hydrogen-bond donors (Lipinski definition) is 1. The summed E-state index contributed by atoms with van der Waals surface area (Å²) in [5, 5.41) is 10.8. The van der Waals surface area contributed by atoms with Gasteiger partial charge in [0.05, 0.1) is 17.8 Å². The van der Waals surface area contributed by atoms with E-state index in [1.165, 1.54) is 5.56 Å². The Morgan fingerprint density at radius 3 is 2.53 bits per heavy atom. The van der Waals surface area contributed by atoms with Crippen LogP contribution in [-0.2, 0) is 16.8 Å². The first kappa shape index (κ1) is 12.6. The summed E-state index contributed by atoms with van der Waals surface area (Å²) in [5.41, 5.74) is 1.60. The van der Waals surface area contributed by atoms with Gasteiger partial charge in [-0.15, -0.1) is 0 Å². The molecule has 1 heterocycles. The van der Waals surface area contributed by atoms with E-state index in [9.17, 15) is 5.11 Å². The highest BCUT2D eigenvalue weighted by atomic mass is 16.5. The Labute approximate surface area is 104 Å². The van der Waals surface area contributed by atoms with Gasteiger partial charge in [0.25, 0.3) is 0 Å². The van der Waals surface area contributed by atoms with Gasteiger partial charge in [0.2, 0.25) is 0 Å². The maximum absolute atomic E-state index is 10.8. The zero-order valence-electron chi connectivity index (χ0n) is 10.9. The van der Waals surface area contributed by atoms with Gasteiger partial charge in [-0.2, -0.15) is 0 Å². The van der Waals surface area contributed by atoms with Crippen LogP contribution in [0.25, 0.3) is 0 Å². The van der Waals surface area contributed by atoms with Gasteiger partial charge >= 0.3 is 0 Å². The summed E-state index contributed by atoms with van der Waals surface area (Å²) in [4.78, 5) is 0. The van der Waals surface area contributed by atoms with Crippen molar-refractivity contribution in [2.45, 2.75) is 57.8 Å². The Morgan fingerprint density at radius 1 is 1.29 bits per heavy atom. The van der Waals surface area contributed by atoms with Gasteiger partial charge in [0.15, 0.2) is 0 Å². The molecular weight excluding hydrogens is 212 g/mol. The lowest BCUT2D eigenvalue weighted by molar-refractivity contribution is -0.135. The summed E-state index contributed by atoms with van der Waals surface area (Å²) in [7, 11) is 0. The first-order valence-electron chi connectivity index (χ1n) is 6.51. The molecule has 1 aliphatic heterocycles. The van der Waals surface area contributed by atoms with Crippen LogP contribution in [0.1, 0.15) is 44.7 Å². The highest BCUT2D eigenvalue weighted by Gasteiger charge is 2.38. The Balaban J connectivity index is 2.29. The van der Waals surface area contributed by atoms with Crippen LogP contribution in [0.4, 0.5) is 0 Å². The molecule has 2 heteroatoms. The lowest BCUT2D eigenvalue weighted by Crippen LogP contribution is -2.41. The Hall–Kier alpha value is -0.860. The summed E-state index contributed by atoms with van der Waals surface area (Å²) in [6.45, 7) is 6.20. The zero-order chi connectivity index (χ0) is 12.5. The zero-order valence-corrected chi connectivity index (χ0v) is 10.9. The molecule has 0 bridgehead atoms. The second kappa shape index (κ2) is 4.79. The first-order chi connectivity index (χ1) is 8.03. The molecule has 17 heavy (non-hydrogen) atoms. The number of rotatable bonds is 2. The molecule has 2 nitrogen and oxygen atoms in total. The molecule has 1 aromatic rings. The Morgan fingerprint density at radius 2 is 1.94 bits per heavy atom. The number of hydrogen-bond acceptors (Lipinski definition) is 2. The molecule has 0 spiro atoms. The third-order valence-electron chi connectivity index (χ3n) is 3.59. The smallest absolute Gasteiger partial charge is 0.0945 e. The van der Waals surface area contributed by atoms with Gasteiger partial charge in [-0.05, 0) is 31.4 Å². The minimum Gasteiger partial charge on any atom is -0.385 e. The van der Waals surface area contributed by atoms with Crippen molar-refractivity contribution < 1.29 is 9.84 Å². The molecule has 0 amide bonds. The van der Waals surface area contributed by atoms with E-state index in [0.717, 1.165) is 12.0 Å².